The lowest BCUT2D eigenvalue weighted by Gasteiger charge is -2.13. The van der Waals surface area contributed by atoms with Crippen LogP contribution < -0.4 is 27.4 Å². The number of carbonyl (C=O) groups is 1. The largest absolute Gasteiger partial charge is 0.397 e. The third-order valence-corrected chi connectivity index (χ3v) is 5.65. The minimum Gasteiger partial charge on any atom is -0.397 e. The summed E-state index contributed by atoms with van der Waals surface area (Å²) in [5.41, 5.74) is 16.8. The van der Waals surface area contributed by atoms with E-state index in [9.17, 15) is 4.79 Å². The smallest absolute Gasteiger partial charge is 0.255 e. The van der Waals surface area contributed by atoms with Gasteiger partial charge in [-0.05, 0) is 60.4 Å². The van der Waals surface area contributed by atoms with Crippen molar-refractivity contribution in [1.82, 2.24) is 15.0 Å². The van der Waals surface area contributed by atoms with Crippen LogP contribution in [0.25, 0.3) is 0 Å². The van der Waals surface area contributed by atoms with Crippen LogP contribution in [0.15, 0.2) is 72.8 Å². The van der Waals surface area contributed by atoms with Crippen LogP contribution in [0, 0.1) is 0 Å². The van der Waals surface area contributed by atoms with Gasteiger partial charge in [-0.2, -0.15) is 15.0 Å². The molecule has 34 heavy (non-hydrogen) atoms. The van der Waals surface area contributed by atoms with Crippen molar-refractivity contribution in [1.29, 1.82) is 0 Å². The normalized spacial score (nSPS) is 12.7. The third-order valence-electron chi connectivity index (χ3n) is 5.65. The highest BCUT2D eigenvalue weighted by Crippen LogP contribution is 2.24. The van der Waals surface area contributed by atoms with Gasteiger partial charge in [0.1, 0.15) is 0 Å². The fourth-order valence-corrected chi connectivity index (χ4v) is 4.00. The molecule has 3 aromatic carbocycles. The van der Waals surface area contributed by atoms with Crippen molar-refractivity contribution in [3.05, 3.63) is 89.5 Å². The molecule has 0 aliphatic heterocycles. The summed E-state index contributed by atoms with van der Waals surface area (Å²) in [5, 5.41) is 9.29. The van der Waals surface area contributed by atoms with Crippen LogP contribution in [0.2, 0.25) is 0 Å². The van der Waals surface area contributed by atoms with Crippen LogP contribution >= 0.6 is 0 Å². The van der Waals surface area contributed by atoms with Crippen molar-refractivity contribution in [2.24, 2.45) is 0 Å². The molecule has 0 radical (unpaired) electrons. The summed E-state index contributed by atoms with van der Waals surface area (Å²) in [4.78, 5) is 25.4. The number of hydrogen-bond acceptors (Lipinski definition) is 8. The van der Waals surface area contributed by atoms with E-state index in [1.165, 1.54) is 11.1 Å². The first kappa shape index (κ1) is 21.2. The summed E-state index contributed by atoms with van der Waals surface area (Å²) in [6, 6.07) is 22.6. The average molecular weight is 453 g/mol. The molecule has 170 valence electrons. The SMILES string of the molecule is Nc1nc(Nc2ccc(C(=O)Nc3ccccc3N)cc2)nc(NC2Cc3ccccc3C2)n1. The molecule has 0 atom stereocenters. The number of aromatic nitrogens is 3. The molecule has 4 aromatic rings. The van der Waals surface area contributed by atoms with Crippen LogP contribution in [-0.4, -0.2) is 26.9 Å². The fourth-order valence-electron chi connectivity index (χ4n) is 4.00. The molecule has 0 saturated carbocycles. The molecule has 9 heteroatoms. The summed E-state index contributed by atoms with van der Waals surface area (Å²) < 4.78 is 0. The Hall–Kier alpha value is -4.66. The van der Waals surface area contributed by atoms with Gasteiger partial charge in [-0.25, -0.2) is 0 Å². The number of nitrogens with two attached hydrogens (primary N) is 2. The van der Waals surface area contributed by atoms with E-state index in [0.29, 0.717) is 34.5 Å². The Kier molecular flexibility index (Phi) is 5.65. The van der Waals surface area contributed by atoms with E-state index >= 15 is 0 Å². The van der Waals surface area contributed by atoms with E-state index in [1.807, 2.05) is 12.1 Å². The number of hydrogen-bond donors (Lipinski definition) is 5. The van der Waals surface area contributed by atoms with Gasteiger partial charge < -0.3 is 27.4 Å². The molecule has 0 unspecified atom stereocenters. The molecule has 0 fully saturated rings. The van der Waals surface area contributed by atoms with Crippen LogP contribution in [-0.2, 0) is 12.8 Å². The van der Waals surface area contributed by atoms with Crippen LogP contribution in [0.1, 0.15) is 21.5 Å². The maximum atomic E-state index is 12.5. The zero-order valence-electron chi connectivity index (χ0n) is 18.3. The van der Waals surface area contributed by atoms with E-state index in [-0.39, 0.29) is 17.9 Å². The van der Waals surface area contributed by atoms with Crippen molar-refractivity contribution in [3.8, 4) is 0 Å². The standard InChI is InChI=1S/C25H24N8O/c26-20-7-3-4-8-21(20)30-22(34)15-9-11-18(12-10-15)28-24-31-23(27)32-25(33-24)29-19-13-16-5-1-2-6-17(16)14-19/h1-12,19H,13-14,26H2,(H,30,34)(H4,27,28,29,31,32,33). The first-order chi connectivity index (χ1) is 16.5. The second kappa shape index (κ2) is 9.07. The first-order valence-corrected chi connectivity index (χ1v) is 10.9. The molecule has 0 spiro atoms. The number of nitrogens with zero attached hydrogens (tertiary/aromatic N) is 3. The molecule has 0 saturated heterocycles. The zero-order valence-corrected chi connectivity index (χ0v) is 18.3. The Bertz CT molecular complexity index is 1310. The predicted molar refractivity (Wildman–Crippen MR) is 134 cm³/mol. The summed E-state index contributed by atoms with van der Waals surface area (Å²) in [6.07, 6.45) is 1.81. The number of fused-ring (bicyclic) bond motifs is 1. The van der Waals surface area contributed by atoms with Gasteiger partial charge in [0.2, 0.25) is 17.8 Å². The van der Waals surface area contributed by atoms with Gasteiger partial charge in [-0.3, -0.25) is 4.79 Å². The van der Waals surface area contributed by atoms with Crippen molar-refractivity contribution in [2.75, 3.05) is 27.4 Å². The Morgan fingerprint density at radius 3 is 2.15 bits per heavy atom. The molecule has 1 aliphatic carbocycles. The number of carbonyl (C=O) groups excluding carboxylic acids is 1. The lowest BCUT2D eigenvalue weighted by atomic mass is 10.1. The van der Waals surface area contributed by atoms with E-state index in [4.69, 9.17) is 11.5 Å². The monoisotopic (exact) mass is 452 g/mol. The van der Waals surface area contributed by atoms with Crippen molar-refractivity contribution < 1.29 is 4.79 Å². The first-order valence-electron chi connectivity index (χ1n) is 10.9. The van der Waals surface area contributed by atoms with Gasteiger partial charge in [-0.15, -0.1) is 0 Å². The molecule has 0 bridgehead atoms. The van der Waals surface area contributed by atoms with Gasteiger partial charge >= 0.3 is 0 Å². The Balaban J connectivity index is 1.24. The molecular formula is C25H24N8O. The van der Waals surface area contributed by atoms with E-state index in [1.54, 1.807) is 36.4 Å². The highest BCUT2D eigenvalue weighted by molar-refractivity contribution is 6.05. The number of rotatable bonds is 6. The fraction of sp³-hybridized carbons (Fsp3) is 0.120. The molecule has 1 heterocycles. The number of amides is 1. The van der Waals surface area contributed by atoms with E-state index < -0.39 is 0 Å². The van der Waals surface area contributed by atoms with E-state index in [0.717, 1.165) is 12.8 Å². The number of nitrogens with one attached hydrogen (secondary N) is 3. The number of para-hydroxylation sites is 2. The Morgan fingerprint density at radius 2 is 1.44 bits per heavy atom. The summed E-state index contributed by atoms with van der Waals surface area (Å²) in [7, 11) is 0. The van der Waals surface area contributed by atoms with Gasteiger partial charge in [-0.1, -0.05) is 36.4 Å². The maximum absolute atomic E-state index is 12.5. The van der Waals surface area contributed by atoms with Crippen molar-refractivity contribution >= 4 is 40.8 Å². The minimum absolute atomic E-state index is 0.118. The average Bonchev–Trinajstić information content (AvgIpc) is 3.23. The second-order valence-electron chi connectivity index (χ2n) is 8.10. The lowest BCUT2D eigenvalue weighted by Crippen LogP contribution is -2.22. The van der Waals surface area contributed by atoms with Gasteiger partial charge in [0.25, 0.3) is 5.91 Å². The molecule has 1 aliphatic rings. The third kappa shape index (κ3) is 4.73. The second-order valence-corrected chi connectivity index (χ2v) is 8.10. The quantitative estimate of drug-likeness (QED) is 0.279. The maximum Gasteiger partial charge on any atom is 0.255 e. The molecule has 1 amide bonds. The summed E-state index contributed by atoms with van der Waals surface area (Å²) in [6.45, 7) is 0. The Morgan fingerprint density at radius 1 is 0.794 bits per heavy atom. The van der Waals surface area contributed by atoms with Crippen LogP contribution in [0.5, 0.6) is 0 Å². The molecule has 9 nitrogen and oxygen atoms in total. The molecule has 1 aromatic heterocycles. The summed E-state index contributed by atoms with van der Waals surface area (Å²) in [5.74, 6) is 0.605. The topological polar surface area (TPSA) is 144 Å². The molecule has 5 rings (SSSR count). The number of nitrogen functional groups attached to an aromatic ring is 2. The highest BCUT2D eigenvalue weighted by atomic mass is 16.1. The zero-order chi connectivity index (χ0) is 23.5. The lowest BCUT2D eigenvalue weighted by molar-refractivity contribution is 0.102. The van der Waals surface area contributed by atoms with Crippen molar-refractivity contribution in [3.63, 3.8) is 0 Å². The summed E-state index contributed by atoms with van der Waals surface area (Å²) >= 11 is 0. The highest BCUT2D eigenvalue weighted by Gasteiger charge is 2.22. The minimum atomic E-state index is -0.252. The number of anilines is 6. The number of benzene rings is 3. The predicted octanol–water partition coefficient (Wildman–Crippen LogP) is 3.61. The van der Waals surface area contributed by atoms with Gasteiger partial charge in [0.05, 0.1) is 11.4 Å². The molecule has 7 N–H and O–H groups in total. The van der Waals surface area contributed by atoms with Gasteiger partial charge in [0.15, 0.2) is 0 Å². The molecular weight excluding hydrogens is 428 g/mol. The van der Waals surface area contributed by atoms with Crippen LogP contribution in [0.4, 0.5) is 34.9 Å². The van der Waals surface area contributed by atoms with E-state index in [2.05, 4.69) is 55.2 Å². The van der Waals surface area contributed by atoms with Gasteiger partial charge in [0, 0.05) is 17.3 Å². The Labute approximate surface area is 196 Å². The van der Waals surface area contributed by atoms with Crippen LogP contribution in [0.3, 0.4) is 0 Å². The van der Waals surface area contributed by atoms with Crippen molar-refractivity contribution in [2.45, 2.75) is 18.9 Å².